The van der Waals surface area contributed by atoms with Crippen LogP contribution in [0.3, 0.4) is 0 Å². The topological polar surface area (TPSA) is 110 Å². The van der Waals surface area contributed by atoms with Crippen LogP contribution >= 0.6 is 0 Å². The van der Waals surface area contributed by atoms with Gasteiger partial charge in [0.1, 0.15) is 11.5 Å². The first-order valence-electron chi connectivity index (χ1n) is 9.01. The van der Waals surface area contributed by atoms with Gasteiger partial charge < -0.3 is 9.42 Å². The Bertz CT molecular complexity index is 968. The zero-order chi connectivity index (χ0) is 19.9. The van der Waals surface area contributed by atoms with Gasteiger partial charge in [-0.3, -0.25) is 4.79 Å². The molecule has 150 valence electrons. The van der Waals surface area contributed by atoms with E-state index in [1.165, 1.54) is 21.3 Å². The van der Waals surface area contributed by atoms with Gasteiger partial charge in [0, 0.05) is 32.0 Å². The fourth-order valence-electron chi connectivity index (χ4n) is 3.16. The SMILES string of the molecule is CS(=O)(=O)N(CCc1noc(C2CC2)n1)C1CN(C(=O)c2ccc(F)cn2)C1. The minimum Gasteiger partial charge on any atom is -0.339 e. The van der Waals surface area contributed by atoms with Crippen LogP contribution < -0.4 is 0 Å². The molecule has 1 aliphatic heterocycles. The van der Waals surface area contributed by atoms with Gasteiger partial charge in [0.15, 0.2) is 5.82 Å². The Morgan fingerprint density at radius 3 is 2.71 bits per heavy atom. The molecule has 28 heavy (non-hydrogen) atoms. The van der Waals surface area contributed by atoms with E-state index in [-0.39, 0.29) is 37.3 Å². The summed E-state index contributed by atoms with van der Waals surface area (Å²) in [7, 11) is -3.47. The molecule has 2 aromatic rings. The van der Waals surface area contributed by atoms with Crippen LogP contribution in [-0.4, -0.2) is 70.6 Å². The zero-order valence-corrected chi connectivity index (χ0v) is 16.1. The van der Waals surface area contributed by atoms with Crippen molar-refractivity contribution in [3.8, 4) is 0 Å². The number of rotatable bonds is 7. The lowest BCUT2D eigenvalue weighted by molar-refractivity contribution is 0.0448. The first-order chi connectivity index (χ1) is 13.3. The van der Waals surface area contributed by atoms with Crippen molar-refractivity contribution in [1.29, 1.82) is 0 Å². The highest BCUT2D eigenvalue weighted by molar-refractivity contribution is 7.88. The lowest BCUT2D eigenvalue weighted by Crippen LogP contribution is -2.62. The summed E-state index contributed by atoms with van der Waals surface area (Å²) in [4.78, 5) is 21.9. The molecule has 0 bridgehead atoms. The summed E-state index contributed by atoms with van der Waals surface area (Å²) in [5, 5.41) is 3.91. The highest BCUT2D eigenvalue weighted by Gasteiger charge is 2.39. The Balaban J connectivity index is 1.36. The molecule has 1 aliphatic carbocycles. The zero-order valence-electron chi connectivity index (χ0n) is 15.3. The summed E-state index contributed by atoms with van der Waals surface area (Å²) < 4.78 is 43.9. The maximum absolute atomic E-state index is 12.9. The maximum Gasteiger partial charge on any atom is 0.272 e. The summed E-state index contributed by atoms with van der Waals surface area (Å²) in [6.45, 7) is 0.721. The van der Waals surface area contributed by atoms with E-state index in [9.17, 15) is 17.6 Å². The monoisotopic (exact) mass is 409 g/mol. The molecule has 0 radical (unpaired) electrons. The molecule has 2 aliphatic rings. The Hall–Kier alpha value is -2.40. The molecule has 1 saturated heterocycles. The van der Waals surface area contributed by atoms with Crippen LogP contribution in [-0.2, 0) is 16.4 Å². The largest absolute Gasteiger partial charge is 0.339 e. The fourth-order valence-corrected chi connectivity index (χ4v) is 4.26. The van der Waals surface area contributed by atoms with Crippen LogP contribution in [0, 0.1) is 5.82 Å². The van der Waals surface area contributed by atoms with Crippen molar-refractivity contribution in [2.24, 2.45) is 0 Å². The molecule has 1 saturated carbocycles. The molecule has 2 aromatic heterocycles. The minimum atomic E-state index is -3.47. The smallest absolute Gasteiger partial charge is 0.272 e. The average molecular weight is 409 g/mol. The number of likely N-dealkylation sites (tertiary alicyclic amines) is 1. The quantitative estimate of drug-likeness (QED) is 0.666. The molecular weight excluding hydrogens is 389 g/mol. The molecule has 1 amide bonds. The molecular formula is C17H20FN5O4S. The third-order valence-electron chi connectivity index (χ3n) is 4.90. The van der Waals surface area contributed by atoms with E-state index < -0.39 is 15.8 Å². The van der Waals surface area contributed by atoms with Gasteiger partial charge in [-0.1, -0.05) is 5.16 Å². The van der Waals surface area contributed by atoms with Gasteiger partial charge in [0.2, 0.25) is 15.9 Å². The molecule has 0 N–H and O–H groups in total. The molecule has 0 aromatic carbocycles. The first-order valence-corrected chi connectivity index (χ1v) is 10.9. The van der Waals surface area contributed by atoms with E-state index in [2.05, 4.69) is 15.1 Å². The fraction of sp³-hybridized carbons (Fsp3) is 0.529. The van der Waals surface area contributed by atoms with Gasteiger partial charge in [-0.2, -0.15) is 9.29 Å². The molecule has 0 atom stereocenters. The number of aromatic nitrogens is 3. The summed E-state index contributed by atoms with van der Waals surface area (Å²) in [5.74, 6) is 0.578. The van der Waals surface area contributed by atoms with Crippen LogP contribution in [0.25, 0.3) is 0 Å². The number of hydrogen-bond acceptors (Lipinski definition) is 7. The predicted molar refractivity (Wildman–Crippen MR) is 95.4 cm³/mol. The van der Waals surface area contributed by atoms with Crippen molar-refractivity contribution in [3.05, 3.63) is 41.6 Å². The third-order valence-corrected chi connectivity index (χ3v) is 6.23. The van der Waals surface area contributed by atoms with Crippen molar-refractivity contribution < 1.29 is 22.1 Å². The Kier molecular flexibility index (Phi) is 4.88. The van der Waals surface area contributed by atoms with E-state index in [1.807, 2.05) is 0 Å². The molecule has 4 rings (SSSR count). The van der Waals surface area contributed by atoms with Gasteiger partial charge in [-0.05, 0) is 25.0 Å². The number of sulfonamides is 1. The normalized spacial score (nSPS) is 17.8. The summed E-state index contributed by atoms with van der Waals surface area (Å²) >= 11 is 0. The van der Waals surface area contributed by atoms with Crippen molar-refractivity contribution in [2.75, 3.05) is 25.9 Å². The average Bonchev–Trinajstić information content (AvgIpc) is 3.34. The molecule has 9 nitrogen and oxygen atoms in total. The van der Waals surface area contributed by atoms with Gasteiger partial charge in [0.25, 0.3) is 5.91 Å². The predicted octanol–water partition coefficient (Wildman–Crippen LogP) is 0.810. The molecule has 3 heterocycles. The number of amides is 1. The number of carbonyl (C=O) groups is 1. The molecule has 0 spiro atoms. The van der Waals surface area contributed by atoms with Crippen molar-refractivity contribution in [1.82, 2.24) is 24.3 Å². The van der Waals surface area contributed by atoms with Gasteiger partial charge in [-0.15, -0.1) is 0 Å². The maximum atomic E-state index is 12.9. The number of carbonyl (C=O) groups excluding carboxylic acids is 1. The number of nitrogens with zero attached hydrogens (tertiary/aromatic N) is 5. The van der Waals surface area contributed by atoms with Crippen LogP contribution in [0.2, 0.25) is 0 Å². The Labute approximate surface area is 161 Å². The summed E-state index contributed by atoms with van der Waals surface area (Å²) in [6, 6.07) is 2.16. The van der Waals surface area contributed by atoms with Crippen molar-refractivity contribution >= 4 is 15.9 Å². The van der Waals surface area contributed by atoms with Crippen molar-refractivity contribution in [2.45, 2.75) is 31.2 Å². The van der Waals surface area contributed by atoms with Crippen LogP contribution in [0.5, 0.6) is 0 Å². The van der Waals surface area contributed by atoms with Crippen molar-refractivity contribution in [3.63, 3.8) is 0 Å². The Morgan fingerprint density at radius 1 is 1.36 bits per heavy atom. The van der Waals surface area contributed by atoms with Crippen LogP contribution in [0.1, 0.15) is 41.0 Å². The van der Waals surface area contributed by atoms with E-state index in [0.29, 0.717) is 24.1 Å². The second-order valence-electron chi connectivity index (χ2n) is 7.17. The highest BCUT2D eigenvalue weighted by Crippen LogP contribution is 2.38. The van der Waals surface area contributed by atoms with Crippen LogP contribution in [0.4, 0.5) is 4.39 Å². The first kappa shape index (κ1) is 18.9. The lowest BCUT2D eigenvalue weighted by Gasteiger charge is -2.44. The molecule has 11 heteroatoms. The van der Waals surface area contributed by atoms with E-state index >= 15 is 0 Å². The third kappa shape index (κ3) is 4.04. The standard InChI is InChI=1S/C17H20FN5O4S/c1-28(25,26)23(7-6-15-20-16(27-21-15)11-2-3-11)13-9-22(10-13)17(24)14-5-4-12(18)8-19-14/h4-5,8,11,13H,2-3,6-7,9-10H2,1H3. The Morgan fingerprint density at radius 2 is 2.11 bits per heavy atom. The van der Waals surface area contributed by atoms with Crippen LogP contribution in [0.15, 0.2) is 22.9 Å². The van der Waals surface area contributed by atoms with Gasteiger partial charge >= 0.3 is 0 Å². The summed E-state index contributed by atoms with van der Waals surface area (Å²) in [5.41, 5.74) is 0.130. The van der Waals surface area contributed by atoms with E-state index in [0.717, 1.165) is 25.3 Å². The summed E-state index contributed by atoms with van der Waals surface area (Å²) in [6.07, 6.45) is 4.56. The second kappa shape index (κ2) is 7.21. The molecule has 0 unspecified atom stereocenters. The van der Waals surface area contributed by atoms with E-state index in [1.54, 1.807) is 0 Å². The van der Waals surface area contributed by atoms with E-state index in [4.69, 9.17) is 4.52 Å². The molecule has 2 fully saturated rings. The van der Waals surface area contributed by atoms with Gasteiger partial charge in [0.05, 0.1) is 18.5 Å². The lowest BCUT2D eigenvalue weighted by atomic mass is 10.1. The number of pyridine rings is 1. The number of halogens is 1. The minimum absolute atomic E-state index is 0.130. The number of hydrogen-bond donors (Lipinski definition) is 0. The highest BCUT2D eigenvalue weighted by atomic mass is 32.2. The second-order valence-corrected chi connectivity index (χ2v) is 9.11. The van der Waals surface area contributed by atoms with Gasteiger partial charge in [-0.25, -0.2) is 17.8 Å².